The van der Waals surface area contributed by atoms with Crippen LogP contribution < -0.4 is 29.7 Å². The monoisotopic (exact) mass is 473 g/mol. The number of fused-ring (bicyclic) bond motifs is 4. The summed E-state index contributed by atoms with van der Waals surface area (Å²) in [6.07, 6.45) is 0.548. The van der Waals surface area contributed by atoms with Crippen LogP contribution in [0.1, 0.15) is 40.9 Å². The molecule has 2 heterocycles. The van der Waals surface area contributed by atoms with Gasteiger partial charge in [0, 0.05) is 24.1 Å². The van der Waals surface area contributed by atoms with Gasteiger partial charge in [0.05, 0.1) is 25.9 Å². The molecule has 180 valence electrons. The second-order valence-corrected chi connectivity index (χ2v) is 8.78. The zero-order chi connectivity index (χ0) is 24.6. The molecule has 8 nitrogen and oxygen atoms in total. The molecule has 0 aromatic heterocycles. The van der Waals surface area contributed by atoms with Crippen LogP contribution in [0.3, 0.4) is 0 Å². The van der Waals surface area contributed by atoms with E-state index in [4.69, 9.17) is 14.2 Å². The normalized spacial score (nSPS) is 20.3. The number of urea groups is 1. The molecule has 0 radical (unpaired) electrons. The Morgan fingerprint density at radius 2 is 1.89 bits per heavy atom. The molecule has 2 atom stereocenters. The minimum atomic E-state index is -0.952. The van der Waals surface area contributed by atoms with Gasteiger partial charge >= 0.3 is 6.03 Å². The van der Waals surface area contributed by atoms with Gasteiger partial charge in [0.1, 0.15) is 5.75 Å². The number of methoxy groups -OCH3 is 2. The third kappa shape index (κ3) is 4.12. The van der Waals surface area contributed by atoms with E-state index in [1.165, 1.54) is 0 Å². The minimum absolute atomic E-state index is 0.196. The van der Waals surface area contributed by atoms with E-state index in [9.17, 15) is 9.59 Å². The van der Waals surface area contributed by atoms with Gasteiger partial charge in [-0.2, -0.15) is 0 Å². The highest BCUT2D eigenvalue weighted by atomic mass is 16.5. The molecular formula is C27H27N3O5. The second kappa shape index (κ2) is 8.87. The summed E-state index contributed by atoms with van der Waals surface area (Å²) in [6, 6.07) is 19.7. The molecule has 35 heavy (non-hydrogen) atoms. The van der Waals surface area contributed by atoms with Crippen molar-refractivity contribution >= 4 is 17.6 Å². The van der Waals surface area contributed by atoms with Crippen molar-refractivity contribution in [3.8, 4) is 17.2 Å². The predicted molar refractivity (Wildman–Crippen MR) is 131 cm³/mol. The van der Waals surface area contributed by atoms with Crippen molar-refractivity contribution in [3.63, 3.8) is 0 Å². The Hall–Kier alpha value is -4.20. The number of amides is 3. The van der Waals surface area contributed by atoms with Crippen molar-refractivity contribution < 1.29 is 23.8 Å². The Bertz CT molecular complexity index is 1280. The maximum Gasteiger partial charge on any atom is 0.325 e. The van der Waals surface area contributed by atoms with Crippen LogP contribution in [0.25, 0.3) is 0 Å². The van der Waals surface area contributed by atoms with E-state index in [-0.39, 0.29) is 18.0 Å². The van der Waals surface area contributed by atoms with Crippen LogP contribution in [0.4, 0.5) is 10.5 Å². The summed E-state index contributed by atoms with van der Waals surface area (Å²) in [5, 5.41) is 6.00. The van der Waals surface area contributed by atoms with Crippen LogP contribution in [0.15, 0.2) is 66.7 Å². The van der Waals surface area contributed by atoms with E-state index in [0.717, 1.165) is 16.9 Å². The summed E-state index contributed by atoms with van der Waals surface area (Å²) in [6.45, 7) is 2.25. The molecule has 8 heteroatoms. The number of nitrogens with zero attached hydrogens (tertiary/aromatic N) is 1. The number of carbonyl (C=O) groups excluding carboxylic acids is 2. The van der Waals surface area contributed by atoms with Gasteiger partial charge < -0.3 is 24.8 Å². The van der Waals surface area contributed by atoms with Crippen LogP contribution in [-0.4, -0.2) is 31.9 Å². The molecule has 2 aliphatic rings. The van der Waals surface area contributed by atoms with Gasteiger partial charge in [-0.05, 0) is 48.9 Å². The van der Waals surface area contributed by atoms with Crippen LogP contribution in [0.5, 0.6) is 17.2 Å². The van der Waals surface area contributed by atoms with Gasteiger partial charge in [0.15, 0.2) is 17.2 Å². The highest BCUT2D eigenvalue weighted by Gasteiger charge is 2.50. The van der Waals surface area contributed by atoms with Crippen molar-refractivity contribution in [1.29, 1.82) is 0 Å². The number of nitrogens with one attached hydrogen (secondary N) is 2. The molecule has 0 saturated carbocycles. The summed E-state index contributed by atoms with van der Waals surface area (Å²) in [4.78, 5) is 27.7. The fourth-order valence-corrected chi connectivity index (χ4v) is 4.73. The summed E-state index contributed by atoms with van der Waals surface area (Å²) in [5.74, 6) is 1.75. The largest absolute Gasteiger partial charge is 0.497 e. The molecule has 2 bridgehead atoms. The molecule has 1 fully saturated rings. The molecule has 2 aliphatic heterocycles. The average Bonchev–Trinajstić information content (AvgIpc) is 2.87. The van der Waals surface area contributed by atoms with E-state index >= 15 is 0 Å². The van der Waals surface area contributed by atoms with Gasteiger partial charge in [-0.25, -0.2) is 4.79 Å². The number of anilines is 1. The lowest BCUT2D eigenvalue weighted by atomic mass is 9.89. The fraction of sp³-hybridized carbons (Fsp3) is 0.259. The maximum atomic E-state index is 13.2. The quantitative estimate of drug-likeness (QED) is 0.554. The van der Waals surface area contributed by atoms with Crippen LogP contribution in [0.2, 0.25) is 0 Å². The topological polar surface area (TPSA) is 89.1 Å². The van der Waals surface area contributed by atoms with Crippen molar-refractivity contribution in [3.05, 3.63) is 83.4 Å². The SMILES string of the molecule is COc1ccc(CNC(=O)c2cccc(N3C(=O)NC4CC3(C)Oc3c(OC)cccc34)c2)cc1. The first-order valence-electron chi connectivity index (χ1n) is 11.4. The molecule has 3 amide bonds. The van der Waals surface area contributed by atoms with E-state index < -0.39 is 5.72 Å². The van der Waals surface area contributed by atoms with Crippen LogP contribution >= 0.6 is 0 Å². The first-order chi connectivity index (χ1) is 16.9. The molecule has 3 aromatic carbocycles. The van der Waals surface area contributed by atoms with E-state index in [1.54, 1.807) is 43.4 Å². The van der Waals surface area contributed by atoms with Crippen molar-refractivity contribution in [2.75, 3.05) is 19.1 Å². The number of rotatable bonds is 6. The van der Waals surface area contributed by atoms with Gasteiger partial charge in [0.25, 0.3) is 5.91 Å². The van der Waals surface area contributed by atoms with E-state index in [2.05, 4.69) is 10.6 Å². The lowest BCUT2D eigenvalue weighted by molar-refractivity contribution is 0.0349. The van der Waals surface area contributed by atoms with Gasteiger partial charge in [-0.1, -0.05) is 30.3 Å². The summed E-state index contributed by atoms with van der Waals surface area (Å²) in [7, 11) is 3.20. The third-order valence-corrected chi connectivity index (χ3v) is 6.46. The molecule has 1 saturated heterocycles. The smallest absolute Gasteiger partial charge is 0.325 e. The zero-order valence-electron chi connectivity index (χ0n) is 19.8. The molecule has 0 spiro atoms. The first kappa shape index (κ1) is 22.6. The molecule has 2 N–H and O–H groups in total. The Labute approximate surface area is 203 Å². The Kier molecular flexibility index (Phi) is 5.72. The number of hydrogen-bond acceptors (Lipinski definition) is 5. The molecular weight excluding hydrogens is 446 g/mol. The van der Waals surface area contributed by atoms with Crippen LogP contribution in [0, 0.1) is 0 Å². The number of ether oxygens (including phenoxy) is 3. The molecule has 3 aromatic rings. The fourth-order valence-electron chi connectivity index (χ4n) is 4.73. The van der Waals surface area contributed by atoms with Gasteiger partial charge in [0.2, 0.25) is 0 Å². The van der Waals surface area contributed by atoms with Crippen molar-refractivity contribution in [2.45, 2.75) is 31.7 Å². The average molecular weight is 474 g/mol. The molecule has 0 aliphatic carbocycles. The molecule has 5 rings (SSSR count). The summed E-state index contributed by atoms with van der Waals surface area (Å²) < 4.78 is 17.1. The lowest BCUT2D eigenvalue weighted by Crippen LogP contribution is -2.65. The number of carbonyl (C=O) groups is 2. The Morgan fingerprint density at radius 3 is 2.63 bits per heavy atom. The number of benzene rings is 3. The zero-order valence-corrected chi connectivity index (χ0v) is 19.8. The Balaban J connectivity index is 1.38. The van der Waals surface area contributed by atoms with E-state index in [0.29, 0.717) is 35.7 Å². The Morgan fingerprint density at radius 1 is 1.11 bits per heavy atom. The van der Waals surface area contributed by atoms with Crippen molar-refractivity contribution in [1.82, 2.24) is 10.6 Å². The lowest BCUT2D eigenvalue weighted by Gasteiger charge is -2.50. The number of para-hydroxylation sites is 1. The third-order valence-electron chi connectivity index (χ3n) is 6.46. The molecule has 2 unspecified atom stereocenters. The maximum absolute atomic E-state index is 13.2. The first-order valence-corrected chi connectivity index (χ1v) is 11.4. The van der Waals surface area contributed by atoms with Gasteiger partial charge in [-0.15, -0.1) is 0 Å². The van der Waals surface area contributed by atoms with Crippen molar-refractivity contribution in [2.24, 2.45) is 0 Å². The minimum Gasteiger partial charge on any atom is -0.497 e. The summed E-state index contributed by atoms with van der Waals surface area (Å²) in [5.41, 5.74) is 1.91. The van der Waals surface area contributed by atoms with Crippen LogP contribution in [-0.2, 0) is 6.54 Å². The number of hydrogen-bond donors (Lipinski definition) is 2. The van der Waals surface area contributed by atoms with Gasteiger partial charge in [-0.3, -0.25) is 9.69 Å². The highest BCUT2D eigenvalue weighted by molar-refractivity contribution is 5.99. The second-order valence-electron chi connectivity index (χ2n) is 8.78. The highest BCUT2D eigenvalue weighted by Crippen LogP contribution is 2.49. The van der Waals surface area contributed by atoms with E-state index in [1.807, 2.05) is 49.4 Å². The predicted octanol–water partition coefficient (Wildman–Crippen LogP) is 4.40. The standard InChI is InChI=1S/C27H27N3O5/c1-27-15-22(21-8-5-9-23(34-3)24(21)35-27)29-26(32)30(27)19-7-4-6-18(14-19)25(31)28-16-17-10-12-20(33-2)13-11-17/h4-14,22H,15-16H2,1-3H3,(H,28,31)(H,29,32). The summed E-state index contributed by atoms with van der Waals surface area (Å²) >= 11 is 0.